The molecule has 1 heterocycles. The van der Waals surface area contributed by atoms with Crippen LogP contribution in [0.25, 0.3) is 0 Å². The van der Waals surface area contributed by atoms with Gasteiger partial charge in [0.2, 0.25) is 0 Å². The van der Waals surface area contributed by atoms with Gasteiger partial charge in [-0.15, -0.1) is 0 Å². The standard InChI is InChI=1S/C11H21N3/c1-10(2)9-12-6-4-8-14-11(3)5-7-13-14/h5,7,10,12H,4,6,8-9H2,1-3H3. The van der Waals surface area contributed by atoms with Crippen molar-refractivity contribution in [3.05, 3.63) is 18.0 Å². The van der Waals surface area contributed by atoms with E-state index < -0.39 is 0 Å². The highest BCUT2D eigenvalue weighted by Gasteiger charge is 1.96. The van der Waals surface area contributed by atoms with Gasteiger partial charge in [-0.2, -0.15) is 5.10 Å². The molecule has 0 aromatic carbocycles. The predicted molar refractivity (Wildman–Crippen MR) is 59.3 cm³/mol. The SMILES string of the molecule is Cc1ccnn1CCCNCC(C)C. The second kappa shape index (κ2) is 5.81. The Kier molecular flexibility index (Phi) is 4.66. The van der Waals surface area contributed by atoms with E-state index in [4.69, 9.17) is 0 Å². The van der Waals surface area contributed by atoms with E-state index in [9.17, 15) is 0 Å². The molecule has 1 rings (SSSR count). The van der Waals surface area contributed by atoms with E-state index in [0.717, 1.165) is 32.0 Å². The summed E-state index contributed by atoms with van der Waals surface area (Å²) in [6.45, 7) is 9.75. The molecule has 0 amide bonds. The molecule has 0 atom stereocenters. The first-order valence-electron chi connectivity index (χ1n) is 5.39. The number of hydrogen-bond acceptors (Lipinski definition) is 2. The summed E-state index contributed by atoms with van der Waals surface area (Å²) < 4.78 is 2.05. The molecule has 0 fully saturated rings. The molecule has 3 heteroatoms. The summed E-state index contributed by atoms with van der Waals surface area (Å²) in [7, 11) is 0. The molecule has 0 unspecified atom stereocenters. The first kappa shape index (κ1) is 11.2. The summed E-state index contributed by atoms with van der Waals surface area (Å²) in [5.74, 6) is 0.737. The molecule has 1 aromatic rings. The first-order chi connectivity index (χ1) is 6.70. The van der Waals surface area contributed by atoms with Crippen LogP contribution in [0, 0.1) is 12.8 Å². The highest BCUT2D eigenvalue weighted by molar-refractivity contribution is 4.96. The van der Waals surface area contributed by atoms with Crippen molar-refractivity contribution in [2.45, 2.75) is 33.7 Å². The van der Waals surface area contributed by atoms with Crippen molar-refractivity contribution in [1.82, 2.24) is 15.1 Å². The Morgan fingerprint density at radius 1 is 1.50 bits per heavy atom. The van der Waals surface area contributed by atoms with E-state index in [0.29, 0.717) is 0 Å². The van der Waals surface area contributed by atoms with Crippen molar-refractivity contribution in [2.75, 3.05) is 13.1 Å². The number of rotatable bonds is 6. The summed E-state index contributed by atoms with van der Waals surface area (Å²) in [6, 6.07) is 2.04. The maximum atomic E-state index is 4.24. The van der Waals surface area contributed by atoms with E-state index in [1.165, 1.54) is 5.69 Å². The number of nitrogens with zero attached hydrogens (tertiary/aromatic N) is 2. The normalized spacial score (nSPS) is 11.1. The maximum Gasteiger partial charge on any atom is 0.0492 e. The lowest BCUT2D eigenvalue weighted by molar-refractivity contribution is 0.502. The van der Waals surface area contributed by atoms with Crippen molar-refractivity contribution in [3.63, 3.8) is 0 Å². The number of nitrogens with one attached hydrogen (secondary N) is 1. The molecule has 1 N–H and O–H groups in total. The van der Waals surface area contributed by atoms with Gasteiger partial charge in [-0.05, 0) is 38.4 Å². The number of aromatic nitrogens is 2. The van der Waals surface area contributed by atoms with Crippen molar-refractivity contribution in [2.24, 2.45) is 5.92 Å². The van der Waals surface area contributed by atoms with E-state index in [1.54, 1.807) is 0 Å². The fourth-order valence-corrected chi connectivity index (χ4v) is 1.38. The topological polar surface area (TPSA) is 29.9 Å². The van der Waals surface area contributed by atoms with Gasteiger partial charge in [0.1, 0.15) is 0 Å². The lowest BCUT2D eigenvalue weighted by Gasteiger charge is -2.07. The van der Waals surface area contributed by atoms with Gasteiger partial charge in [0.15, 0.2) is 0 Å². The Morgan fingerprint density at radius 2 is 2.29 bits per heavy atom. The molecule has 0 aliphatic carbocycles. The van der Waals surface area contributed by atoms with Crippen molar-refractivity contribution < 1.29 is 0 Å². The highest BCUT2D eigenvalue weighted by atomic mass is 15.3. The van der Waals surface area contributed by atoms with Crippen LogP contribution >= 0.6 is 0 Å². The van der Waals surface area contributed by atoms with Gasteiger partial charge in [0, 0.05) is 18.4 Å². The molecule has 0 saturated carbocycles. The molecular formula is C11H21N3. The molecule has 0 spiro atoms. The Labute approximate surface area is 86.5 Å². The quantitative estimate of drug-likeness (QED) is 0.702. The highest BCUT2D eigenvalue weighted by Crippen LogP contribution is 1.96. The lowest BCUT2D eigenvalue weighted by Crippen LogP contribution is -2.22. The first-order valence-corrected chi connectivity index (χ1v) is 5.39. The Hall–Kier alpha value is -0.830. The van der Waals surface area contributed by atoms with Crippen molar-refractivity contribution in [1.29, 1.82) is 0 Å². The molecule has 0 aliphatic rings. The minimum atomic E-state index is 0.737. The summed E-state index contributed by atoms with van der Waals surface area (Å²) in [5.41, 5.74) is 1.24. The summed E-state index contributed by atoms with van der Waals surface area (Å²) in [4.78, 5) is 0. The van der Waals surface area contributed by atoms with Gasteiger partial charge in [-0.3, -0.25) is 4.68 Å². The zero-order valence-electron chi connectivity index (χ0n) is 9.45. The van der Waals surface area contributed by atoms with Crippen LogP contribution < -0.4 is 5.32 Å². The molecule has 0 bridgehead atoms. The predicted octanol–water partition coefficient (Wildman–Crippen LogP) is 1.83. The Morgan fingerprint density at radius 3 is 2.86 bits per heavy atom. The van der Waals surface area contributed by atoms with Gasteiger partial charge in [0.05, 0.1) is 0 Å². The van der Waals surface area contributed by atoms with Gasteiger partial charge in [-0.1, -0.05) is 13.8 Å². The van der Waals surface area contributed by atoms with E-state index in [-0.39, 0.29) is 0 Å². The minimum Gasteiger partial charge on any atom is -0.316 e. The summed E-state index contributed by atoms with van der Waals surface area (Å²) >= 11 is 0. The second-order valence-electron chi connectivity index (χ2n) is 4.15. The zero-order chi connectivity index (χ0) is 10.4. The molecule has 80 valence electrons. The van der Waals surface area contributed by atoms with Crippen LogP contribution in [0.4, 0.5) is 0 Å². The molecule has 3 nitrogen and oxygen atoms in total. The molecular weight excluding hydrogens is 174 g/mol. The lowest BCUT2D eigenvalue weighted by atomic mass is 10.2. The second-order valence-corrected chi connectivity index (χ2v) is 4.15. The van der Waals surface area contributed by atoms with Crippen LogP contribution in [0.1, 0.15) is 26.0 Å². The fraction of sp³-hybridized carbons (Fsp3) is 0.727. The smallest absolute Gasteiger partial charge is 0.0492 e. The van der Waals surface area contributed by atoms with Gasteiger partial charge in [-0.25, -0.2) is 0 Å². The third-order valence-electron chi connectivity index (χ3n) is 2.20. The zero-order valence-corrected chi connectivity index (χ0v) is 9.45. The molecule has 0 radical (unpaired) electrons. The van der Waals surface area contributed by atoms with E-state index in [2.05, 4.69) is 35.9 Å². The largest absolute Gasteiger partial charge is 0.316 e. The summed E-state index contributed by atoms with van der Waals surface area (Å²) in [6.07, 6.45) is 3.01. The third-order valence-corrected chi connectivity index (χ3v) is 2.20. The Balaban J connectivity index is 2.08. The van der Waals surface area contributed by atoms with E-state index >= 15 is 0 Å². The van der Waals surface area contributed by atoms with Crippen LogP contribution in [-0.2, 0) is 6.54 Å². The average molecular weight is 195 g/mol. The molecule has 0 saturated heterocycles. The van der Waals surface area contributed by atoms with Crippen LogP contribution in [-0.4, -0.2) is 22.9 Å². The van der Waals surface area contributed by atoms with Crippen molar-refractivity contribution >= 4 is 0 Å². The van der Waals surface area contributed by atoms with Gasteiger partial charge < -0.3 is 5.32 Å². The van der Waals surface area contributed by atoms with Crippen LogP contribution in [0.2, 0.25) is 0 Å². The molecule has 14 heavy (non-hydrogen) atoms. The van der Waals surface area contributed by atoms with Crippen molar-refractivity contribution in [3.8, 4) is 0 Å². The van der Waals surface area contributed by atoms with Gasteiger partial charge in [0.25, 0.3) is 0 Å². The van der Waals surface area contributed by atoms with E-state index in [1.807, 2.05) is 12.3 Å². The maximum absolute atomic E-state index is 4.24. The Bertz CT molecular complexity index is 253. The molecule has 0 aliphatic heterocycles. The van der Waals surface area contributed by atoms with Crippen LogP contribution in [0.5, 0.6) is 0 Å². The van der Waals surface area contributed by atoms with Crippen LogP contribution in [0.15, 0.2) is 12.3 Å². The summed E-state index contributed by atoms with van der Waals surface area (Å²) in [5, 5.41) is 7.66. The fourth-order valence-electron chi connectivity index (χ4n) is 1.38. The minimum absolute atomic E-state index is 0.737. The number of aryl methyl sites for hydroxylation is 2. The number of hydrogen-bond donors (Lipinski definition) is 1. The van der Waals surface area contributed by atoms with Crippen LogP contribution in [0.3, 0.4) is 0 Å². The average Bonchev–Trinajstić information content (AvgIpc) is 2.51. The van der Waals surface area contributed by atoms with Gasteiger partial charge >= 0.3 is 0 Å². The third kappa shape index (κ3) is 3.92. The molecule has 1 aromatic heterocycles. The monoisotopic (exact) mass is 195 g/mol.